The van der Waals surface area contributed by atoms with E-state index in [1.165, 1.54) is 31.1 Å². The summed E-state index contributed by atoms with van der Waals surface area (Å²) in [6.45, 7) is 2.29. The smallest absolute Gasteiger partial charge is 0.409 e. The van der Waals surface area contributed by atoms with E-state index >= 15 is 0 Å². The van der Waals surface area contributed by atoms with Crippen LogP contribution >= 0.6 is 0 Å². The highest BCUT2D eigenvalue weighted by Crippen LogP contribution is 2.31. The molecule has 0 aliphatic heterocycles. The molecule has 3 aromatic heterocycles. The summed E-state index contributed by atoms with van der Waals surface area (Å²) in [5.74, 6) is -0.551. The van der Waals surface area contributed by atoms with Gasteiger partial charge in [0, 0.05) is 39.2 Å². The van der Waals surface area contributed by atoms with E-state index in [1.54, 1.807) is 30.7 Å². The number of alkyl halides is 1. The van der Waals surface area contributed by atoms with Crippen molar-refractivity contribution in [3.8, 4) is 17.5 Å². The number of pyridine rings is 1. The largest absolute Gasteiger partial charge is 0.446 e. The summed E-state index contributed by atoms with van der Waals surface area (Å²) >= 11 is 0. The van der Waals surface area contributed by atoms with Gasteiger partial charge in [-0.25, -0.2) is 13.7 Å². The maximum absolute atomic E-state index is 14.2. The second kappa shape index (κ2) is 10.6. The van der Waals surface area contributed by atoms with Gasteiger partial charge in [-0.05, 0) is 38.1 Å². The van der Waals surface area contributed by atoms with Crippen LogP contribution in [0.3, 0.4) is 0 Å². The molecule has 38 heavy (non-hydrogen) atoms. The van der Waals surface area contributed by atoms with Gasteiger partial charge >= 0.3 is 6.09 Å². The number of nitriles is 1. The fourth-order valence-electron chi connectivity index (χ4n) is 3.92. The van der Waals surface area contributed by atoms with Gasteiger partial charge < -0.3 is 25.4 Å². The average molecular weight is 524 g/mol. The van der Waals surface area contributed by atoms with Gasteiger partial charge in [0.25, 0.3) is 5.91 Å². The Bertz CT molecular complexity index is 1390. The molecule has 1 aliphatic rings. The number of fused-ring (bicyclic) bond motifs is 1. The van der Waals surface area contributed by atoms with Gasteiger partial charge in [-0.1, -0.05) is 0 Å². The van der Waals surface area contributed by atoms with E-state index in [9.17, 15) is 19.1 Å². The third-order valence-electron chi connectivity index (χ3n) is 6.34. The highest BCUT2D eigenvalue weighted by atomic mass is 19.1. The summed E-state index contributed by atoms with van der Waals surface area (Å²) < 4.78 is 21.3. The monoisotopic (exact) mass is 523 g/mol. The van der Waals surface area contributed by atoms with Crippen LogP contribution in [-0.4, -0.2) is 81.2 Å². The van der Waals surface area contributed by atoms with Crippen molar-refractivity contribution in [2.45, 2.75) is 50.6 Å². The van der Waals surface area contributed by atoms with Crippen LogP contribution < -0.4 is 10.6 Å². The molecule has 0 spiro atoms. The molecular weight excluding hydrogens is 493 g/mol. The first-order chi connectivity index (χ1) is 18.0. The predicted molar refractivity (Wildman–Crippen MR) is 137 cm³/mol. The molecule has 1 saturated carbocycles. The number of nitrogens with one attached hydrogen (secondary N) is 2. The minimum Gasteiger partial charge on any atom is -0.446 e. The van der Waals surface area contributed by atoms with E-state index < -0.39 is 23.8 Å². The van der Waals surface area contributed by atoms with Gasteiger partial charge in [-0.15, -0.1) is 0 Å². The zero-order valence-electron chi connectivity index (χ0n) is 21.6. The van der Waals surface area contributed by atoms with Gasteiger partial charge in [0.05, 0.1) is 52.1 Å². The van der Waals surface area contributed by atoms with E-state index in [2.05, 4.69) is 26.8 Å². The molecule has 3 aromatic rings. The highest BCUT2D eigenvalue weighted by molar-refractivity contribution is 6.00. The number of amides is 2. The summed E-state index contributed by atoms with van der Waals surface area (Å²) in [6.07, 6.45) is 1.64. The van der Waals surface area contributed by atoms with E-state index in [0.29, 0.717) is 41.0 Å². The van der Waals surface area contributed by atoms with Crippen LogP contribution in [0.15, 0.2) is 36.7 Å². The molecule has 3 heterocycles. The fraction of sp³-hybridized carbons (Fsp3) is 0.423. The molecule has 200 valence electrons. The molecule has 0 unspecified atom stereocenters. The van der Waals surface area contributed by atoms with Crippen molar-refractivity contribution in [3.63, 3.8) is 0 Å². The predicted octanol–water partition coefficient (Wildman–Crippen LogP) is 2.75. The number of hydrogen-bond donors (Lipinski definition) is 3. The van der Waals surface area contributed by atoms with Crippen molar-refractivity contribution < 1.29 is 23.8 Å². The first-order valence-corrected chi connectivity index (χ1v) is 12.1. The minimum atomic E-state index is -1.66. The van der Waals surface area contributed by atoms with Crippen LogP contribution in [0.2, 0.25) is 0 Å². The van der Waals surface area contributed by atoms with Crippen LogP contribution in [0.25, 0.3) is 16.9 Å². The third kappa shape index (κ3) is 5.84. The quantitative estimate of drug-likeness (QED) is 0.409. The Morgan fingerprint density at radius 1 is 1.32 bits per heavy atom. The topological polar surface area (TPSA) is 145 Å². The Morgan fingerprint density at radius 2 is 2.05 bits per heavy atom. The molecule has 11 nitrogen and oxygen atoms in total. The first kappa shape index (κ1) is 26.8. The van der Waals surface area contributed by atoms with Gasteiger partial charge in [0.2, 0.25) is 0 Å². The van der Waals surface area contributed by atoms with Crippen molar-refractivity contribution in [3.05, 3.63) is 47.8 Å². The van der Waals surface area contributed by atoms with Gasteiger partial charge in [0.1, 0.15) is 18.3 Å². The average Bonchev–Trinajstić information content (AvgIpc) is 3.28. The molecule has 2 amide bonds. The van der Waals surface area contributed by atoms with Gasteiger partial charge in [-0.3, -0.25) is 9.78 Å². The van der Waals surface area contributed by atoms with E-state index in [-0.39, 0.29) is 24.3 Å². The summed E-state index contributed by atoms with van der Waals surface area (Å²) in [6, 6.07) is 9.03. The van der Waals surface area contributed by atoms with E-state index in [1.807, 2.05) is 12.1 Å². The standard InChI is InChI=1S/C26H30FN7O4/c1-26(2,37)23(27)14-30-24(35)19-13-29-21(22-6-5-17-7-15(11-28)12-31-34(17)22)10-20(19)32-16-8-18(9-16)38-25(36)33(3)4/h5-7,10,12-13,16,18,23,37H,8-9,14H2,1-4H3,(H,29,32)(H,30,35)/t16-,18-,23-/m1/s1. The fourth-order valence-corrected chi connectivity index (χ4v) is 3.92. The maximum Gasteiger partial charge on any atom is 0.409 e. The normalized spacial score (nSPS) is 17.7. The molecule has 0 saturated heterocycles. The van der Waals surface area contributed by atoms with Crippen molar-refractivity contribution in [1.82, 2.24) is 24.8 Å². The number of hydrogen-bond acceptors (Lipinski definition) is 8. The molecule has 0 aromatic carbocycles. The third-order valence-corrected chi connectivity index (χ3v) is 6.34. The summed E-state index contributed by atoms with van der Waals surface area (Å²) in [7, 11) is 3.22. The number of aromatic nitrogens is 3. The van der Waals surface area contributed by atoms with Gasteiger partial charge in [-0.2, -0.15) is 10.4 Å². The second-order valence-electron chi connectivity index (χ2n) is 10.1. The number of rotatable bonds is 8. The first-order valence-electron chi connectivity index (χ1n) is 12.1. The molecule has 3 N–H and O–H groups in total. The SMILES string of the molecule is CN(C)C(=O)O[C@H]1C[C@H](Nc2cc(-c3ccc4cc(C#N)cnn34)ncc2C(=O)NC[C@@H](F)C(C)(C)O)C1. The van der Waals surface area contributed by atoms with E-state index in [4.69, 9.17) is 10.00 Å². The Balaban J connectivity index is 1.58. The lowest BCUT2D eigenvalue weighted by atomic mass is 9.89. The second-order valence-corrected chi connectivity index (χ2v) is 10.1. The number of carbonyl (C=O) groups is 2. The van der Waals surface area contributed by atoms with Crippen molar-refractivity contribution >= 4 is 23.2 Å². The molecular formula is C26H30FN7O4. The Morgan fingerprint density at radius 3 is 2.71 bits per heavy atom. The molecule has 1 aliphatic carbocycles. The number of carbonyl (C=O) groups excluding carboxylic acids is 2. The van der Waals surface area contributed by atoms with Crippen LogP contribution in [0.1, 0.15) is 42.6 Å². The molecule has 4 rings (SSSR count). The molecule has 1 atom stereocenters. The molecule has 12 heteroatoms. The molecule has 0 bridgehead atoms. The number of nitrogens with zero attached hydrogens (tertiary/aromatic N) is 5. The number of ether oxygens (including phenoxy) is 1. The van der Waals surface area contributed by atoms with Crippen LogP contribution in [0.4, 0.5) is 14.9 Å². The lowest BCUT2D eigenvalue weighted by Crippen LogP contribution is -2.44. The Labute approximate surface area is 219 Å². The van der Waals surface area contributed by atoms with E-state index in [0.717, 1.165) is 0 Å². The lowest BCUT2D eigenvalue weighted by molar-refractivity contribution is -0.00178. The minimum absolute atomic E-state index is 0.0672. The number of halogens is 1. The maximum atomic E-state index is 14.2. The van der Waals surface area contributed by atoms with Crippen LogP contribution in [-0.2, 0) is 4.74 Å². The molecule has 1 fully saturated rings. The zero-order valence-corrected chi connectivity index (χ0v) is 21.6. The highest BCUT2D eigenvalue weighted by Gasteiger charge is 2.34. The zero-order chi connectivity index (χ0) is 27.6. The summed E-state index contributed by atoms with van der Waals surface area (Å²) in [5.41, 5.74) is 1.38. The lowest BCUT2D eigenvalue weighted by Gasteiger charge is -2.36. The van der Waals surface area contributed by atoms with Crippen LogP contribution in [0.5, 0.6) is 0 Å². The number of anilines is 1. The summed E-state index contributed by atoms with van der Waals surface area (Å²) in [5, 5.41) is 29.2. The number of aliphatic hydroxyl groups is 1. The van der Waals surface area contributed by atoms with Crippen molar-refractivity contribution in [1.29, 1.82) is 5.26 Å². The van der Waals surface area contributed by atoms with Crippen LogP contribution in [0, 0.1) is 11.3 Å². The van der Waals surface area contributed by atoms with Gasteiger partial charge in [0.15, 0.2) is 0 Å². The Kier molecular flexibility index (Phi) is 7.50. The molecule has 0 radical (unpaired) electrons. The Hall–Kier alpha value is -4.24. The van der Waals surface area contributed by atoms with Crippen molar-refractivity contribution in [2.24, 2.45) is 0 Å². The van der Waals surface area contributed by atoms with Crippen molar-refractivity contribution in [2.75, 3.05) is 26.0 Å². The summed E-state index contributed by atoms with van der Waals surface area (Å²) in [4.78, 5) is 30.6.